The van der Waals surface area contributed by atoms with Crippen LogP contribution in [0.5, 0.6) is 0 Å². The SMILES string of the molecule is COC(=O)c1cnc(-c2cc(Br)ccc2Cl)s1. The second-order valence-corrected chi connectivity index (χ2v) is 5.50. The highest BCUT2D eigenvalue weighted by Crippen LogP contribution is 2.33. The van der Waals surface area contributed by atoms with E-state index in [1.807, 2.05) is 12.1 Å². The molecular weight excluding hydrogens is 326 g/mol. The monoisotopic (exact) mass is 331 g/mol. The molecule has 0 aliphatic rings. The maximum atomic E-state index is 11.3. The second kappa shape index (κ2) is 5.16. The van der Waals surface area contributed by atoms with Crippen LogP contribution in [0.1, 0.15) is 9.67 Å². The van der Waals surface area contributed by atoms with E-state index in [0.717, 1.165) is 10.0 Å². The zero-order chi connectivity index (χ0) is 12.4. The van der Waals surface area contributed by atoms with E-state index in [0.29, 0.717) is 14.9 Å². The Labute approximate surface area is 116 Å². The molecular formula is C11H7BrClNO2S. The lowest BCUT2D eigenvalue weighted by Gasteiger charge is -2.00. The van der Waals surface area contributed by atoms with Gasteiger partial charge in [-0.2, -0.15) is 0 Å². The average Bonchev–Trinajstić information content (AvgIpc) is 2.80. The molecule has 6 heteroatoms. The van der Waals surface area contributed by atoms with Crippen LogP contribution in [0, 0.1) is 0 Å². The van der Waals surface area contributed by atoms with E-state index < -0.39 is 0 Å². The van der Waals surface area contributed by atoms with E-state index in [-0.39, 0.29) is 5.97 Å². The number of hydrogen-bond acceptors (Lipinski definition) is 4. The molecule has 0 saturated heterocycles. The number of esters is 1. The van der Waals surface area contributed by atoms with Crippen LogP contribution < -0.4 is 0 Å². The number of ether oxygens (including phenoxy) is 1. The number of hydrogen-bond donors (Lipinski definition) is 0. The molecule has 0 fully saturated rings. The highest BCUT2D eigenvalue weighted by Gasteiger charge is 2.13. The molecule has 0 spiro atoms. The van der Waals surface area contributed by atoms with Crippen LogP contribution in [0.4, 0.5) is 0 Å². The molecule has 0 atom stereocenters. The molecule has 0 aliphatic heterocycles. The molecule has 0 N–H and O–H groups in total. The van der Waals surface area contributed by atoms with Gasteiger partial charge in [-0.25, -0.2) is 9.78 Å². The van der Waals surface area contributed by atoms with Crippen molar-refractivity contribution in [2.75, 3.05) is 7.11 Å². The van der Waals surface area contributed by atoms with Crippen molar-refractivity contribution in [2.24, 2.45) is 0 Å². The van der Waals surface area contributed by atoms with E-state index in [9.17, 15) is 4.79 Å². The summed E-state index contributed by atoms with van der Waals surface area (Å²) < 4.78 is 5.54. The smallest absolute Gasteiger partial charge is 0.349 e. The minimum absolute atomic E-state index is 0.389. The Morgan fingerprint density at radius 2 is 2.29 bits per heavy atom. The van der Waals surface area contributed by atoms with E-state index in [1.165, 1.54) is 24.6 Å². The van der Waals surface area contributed by atoms with Crippen LogP contribution in [-0.4, -0.2) is 18.1 Å². The first kappa shape index (κ1) is 12.5. The van der Waals surface area contributed by atoms with Gasteiger partial charge in [0.15, 0.2) is 0 Å². The quantitative estimate of drug-likeness (QED) is 0.780. The van der Waals surface area contributed by atoms with Gasteiger partial charge in [0.05, 0.1) is 18.3 Å². The fraction of sp³-hybridized carbons (Fsp3) is 0.0909. The Kier molecular flexibility index (Phi) is 3.81. The molecule has 0 amide bonds. The molecule has 0 unspecified atom stereocenters. The minimum atomic E-state index is -0.389. The highest BCUT2D eigenvalue weighted by atomic mass is 79.9. The van der Waals surface area contributed by atoms with Gasteiger partial charge in [-0.1, -0.05) is 27.5 Å². The maximum absolute atomic E-state index is 11.3. The zero-order valence-electron chi connectivity index (χ0n) is 8.74. The van der Waals surface area contributed by atoms with Crippen LogP contribution in [0.3, 0.4) is 0 Å². The van der Waals surface area contributed by atoms with Gasteiger partial charge in [-0.3, -0.25) is 0 Å². The van der Waals surface area contributed by atoms with Crippen molar-refractivity contribution < 1.29 is 9.53 Å². The molecule has 0 aliphatic carbocycles. The summed E-state index contributed by atoms with van der Waals surface area (Å²) in [6, 6.07) is 5.49. The summed E-state index contributed by atoms with van der Waals surface area (Å²) in [7, 11) is 1.34. The molecule has 3 nitrogen and oxygen atoms in total. The van der Waals surface area contributed by atoms with Crippen LogP contribution in [0.2, 0.25) is 5.02 Å². The molecule has 0 bridgehead atoms. The topological polar surface area (TPSA) is 39.2 Å². The summed E-state index contributed by atoms with van der Waals surface area (Å²) in [6.45, 7) is 0. The summed E-state index contributed by atoms with van der Waals surface area (Å²) in [5.74, 6) is -0.389. The van der Waals surface area contributed by atoms with E-state index in [1.54, 1.807) is 6.07 Å². The number of carbonyl (C=O) groups is 1. The molecule has 1 heterocycles. The van der Waals surface area contributed by atoms with E-state index in [4.69, 9.17) is 11.6 Å². The first-order chi connectivity index (χ1) is 8.11. The summed E-state index contributed by atoms with van der Waals surface area (Å²) >= 11 is 10.7. The van der Waals surface area contributed by atoms with Gasteiger partial charge in [0.2, 0.25) is 0 Å². The van der Waals surface area contributed by atoms with Gasteiger partial charge in [-0.15, -0.1) is 11.3 Å². The van der Waals surface area contributed by atoms with Gasteiger partial charge in [0, 0.05) is 10.0 Å². The Morgan fingerprint density at radius 1 is 1.53 bits per heavy atom. The minimum Gasteiger partial charge on any atom is -0.465 e. The fourth-order valence-corrected chi connectivity index (χ4v) is 2.74. The van der Waals surface area contributed by atoms with Crippen molar-refractivity contribution >= 4 is 44.8 Å². The lowest BCUT2D eigenvalue weighted by molar-refractivity contribution is 0.0606. The van der Waals surface area contributed by atoms with Crippen LogP contribution in [-0.2, 0) is 4.74 Å². The Morgan fingerprint density at radius 3 is 3.00 bits per heavy atom. The van der Waals surface area contributed by atoms with Gasteiger partial charge in [0.1, 0.15) is 9.88 Å². The molecule has 0 radical (unpaired) electrons. The average molecular weight is 333 g/mol. The third kappa shape index (κ3) is 2.68. The lowest BCUT2D eigenvalue weighted by atomic mass is 10.2. The molecule has 88 valence electrons. The van der Waals surface area contributed by atoms with Crippen molar-refractivity contribution in [1.29, 1.82) is 0 Å². The summed E-state index contributed by atoms with van der Waals surface area (Å²) in [6.07, 6.45) is 1.49. The summed E-state index contributed by atoms with van der Waals surface area (Å²) in [5, 5.41) is 1.29. The first-order valence-corrected chi connectivity index (χ1v) is 6.60. The van der Waals surface area contributed by atoms with Crippen molar-refractivity contribution in [1.82, 2.24) is 4.98 Å². The normalized spacial score (nSPS) is 10.3. The number of halogens is 2. The zero-order valence-corrected chi connectivity index (χ0v) is 11.9. The van der Waals surface area contributed by atoms with Crippen LogP contribution in [0.15, 0.2) is 28.9 Å². The summed E-state index contributed by atoms with van der Waals surface area (Å²) in [5.41, 5.74) is 0.793. The van der Waals surface area contributed by atoms with Gasteiger partial charge >= 0.3 is 5.97 Å². The van der Waals surface area contributed by atoms with Gasteiger partial charge in [-0.05, 0) is 18.2 Å². The number of aromatic nitrogens is 1. The second-order valence-electron chi connectivity index (χ2n) is 3.15. The Bertz CT molecular complexity index is 570. The Balaban J connectivity index is 2.43. The van der Waals surface area contributed by atoms with Crippen molar-refractivity contribution in [3.8, 4) is 10.6 Å². The third-order valence-corrected chi connectivity index (χ3v) is 3.88. The maximum Gasteiger partial charge on any atom is 0.349 e. The number of nitrogens with zero attached hydrogens (tertiary/aromatic N) is 1. The highest BCUT2D eigenvalue weighted by molar-refractivity contribution is 9.10. The predicted octanol–water partition coefficient (Wildman–Crippen LogP) is 4.01. The van der Waals surface area contributed by atoms with Crippen molar-refractivity contribution in [2.45, 2.75) is 0 Å². The first-order valence-electron chi connectivity index (χ1n) is 4.61. The third-order valence-electron chi connectivity index (χ3n) is 2.05. The Hall–Kier alpha value is -0.910. The molecule has 2 rings (SSSR count). The van der Waals surface area contributed by atoms with Crippen LogP contribution >= 0.6 is 38.9 Å². The fourth-order valence-electron chi connectivity index (χ4n) is 1.25. The standard InChI is InChI=1S/C11H7BrClNO2S/c1-16-11(15)9-5-14-10(17-9)7-4-6(12)2-3-8(7)13/h2-5H,1H3. The largest absolute Gasteiger partial charge is 0.465 e. The predicted molar refractivity (Wildman–Crippen MR) is 71.6 cm³/mol. The molecule has 1 aromatic heterocycles. The van der Waals surface area contributed by atoms with E-state index >= 15 is 0 Å². The van der Waals surface area contributed by atoms with Gasteiger partial charge < -0.3 is 4.74 Å². The number of benzene rings is 1. The van der Waals surface area contributed by atoms with E-state index in [2.05, 4.69) is 25.7 Å². The van der Waals surface area contributed by atoms with Crippen molar-refractivity contribution in [3.05, 3.63) is 38.8 Å². The molecule has 2 aromatic rings. The number of rotatable bonds is 2. The number of methoxy groups -OCH3 is 1. The van der Waals surface area contributed by atoms with Gasteiger partial charge in [0.25, 0.3) is 0 Å². The lowest BCUT2D eigenvalue weighted by Crippen LogP contribution is -1.96. The molecule has 0 saturated carbocycles. The molecule has 17 heavy (non-hydrogen) atoms. The number of thiazole rings is 1. The van der Waals surface area contributed by atoms with Crippen molar-refractivity contribution in [3.63, 3.8) is 0 Å². The molecule has 1 aromatic carbocycles. The number of carbonyl (C=O) groups excluding carboxylic acids is 1. The summed E-state index contributed by atoms with van der Waals surface area (Å²) in [4.78, 5) is 15.9. The van der Waals surface area contributed by atoms with Crippen LogP contribution in [0.25, 0.3) is 10.6 Å².